The van der Waals surface area contributed by atoms with Gasteiger partial charge in [0.25, 0.3) is 12.4 Å². The maximum atomic E-state index is 12.8. The molecule has 7 heteroatoms. The molecule has 0 unspecified atom stereocenters. The molecule has 6 nitrogen and oxygen atoms in total. The molecule has 1 amide bonds. The maximum Gasteiger partial charge on any atom is 0.290 e. The monoisotopic (exact) mass is 403 g/mol. The highest BCUT2D eigenvalue weighted by atomic mass is 32.1. The van der Waals surface area contributed by atoms with E-state index in [-0.39, 0.29) is 12.4 Å². The van der Waals surface area contributed by atoms with Crippen LogP contribution in [0.3, 0.4) is 0 Å². The zero-order valence-electron chi connectivity index (χ0n) is 16.9. The highest BCUT2D eigenvalue weighted by Crippen LogP contribution is 2.16. The first-order chi connectivity index (χ1) is 13.5. The van der Waals surface area contributed by atoms with Gasteiger partial charge >= 0.3 is 0 Å². The van der Waals surface area contributed by atoms with Crippen LogP contribution in [0.25, 0.3) is 0 Å². The number of nitrogens with zero attached hydrogens (tertiary/aromatic N) is 3. The van der Waals surface area contributed by atoms with Crippen molar-refractivity contribution in [1.82, 2.24) is 14.8 Å². The lowest BCUT2D eigenvalue weighted by Crippen LogP contribution is -2.35. The Balaban J connectivity index is 0.000000878. The van der Waals surface area contributed by atoms with Gasteiger partial charge in [0.2, 0.25) is 0 Å². The van der Waals surface area contributed by atoms with Gasteiger partial charge in [-0.1, -0.05) is 13.0 Å². The summed E-state index contributed by atoms with van der Waals surface area (Å²) in [7, 11) is 0. The maximum absolute atomic E-state index is 12.8. The summed E-state index contributed by atoms with van der Waals surface area (Å²) in [6.45, 7) is 10.5. The second-order valence-corrected chi connectivity index (χ2v) is 7.86. The van der Waals surface area contributed by atoms with Gasteiger partial charge in [0.1, 0.15) is 0 Å². The van der Waals surface area contributed by atoms with Crippen LogP contribution in [0.2, 0.25) is 0 Å². The van der Waals surface area contributed by atoms with Crippen LogP contribution in [0.4, 0.5) is 0 Å². The smallest absolute Gasteiger partial charge is 0.290 e. The molecule has 0 aliphatic carbocycles. The second-order valence-electron chi connectivity index (χ2n) is 6.91. The van der Waals surface area contributed by atoms with Gasteiger partial charge < -0.3 is 10.0 Å². The van der Waals surface area contributed by atoms with E-state index in [1.165, 1.54) is 16.1 Å². The third kappa shape index (κ3) is 6.14. The molecular weight excluding hydrogens is 374 g/mol. The number of hydrogen-bond acceptors (Lipinski definition) is 5. The van der Waals surface area contributed by atoms with Crippen LogP contribution >= 0.6 is 11.3 Å². The zero-order valence-corrected chi connectivity index (χ0v) is 17.7. The minimum absolute atomic E-state index is 0.159. The summed E-state index contributed by atoms with van der Waals surface area (Å²) in [6, 6.07) is 6.01. The van der Waals surface area contributed by atoms with Crippen molar-refractivity contribution < 1.29 is 14.7 Å². The van der Waals surface area contributed by atoms with Crippen molar-refractivity contribution >= 4 is 23.7 Å². The van der Waals surface area contributed by atoms with Crippen LogP contribution in [0.15, 0.2) is 23.6 Å². The number of thiazole rings is 1. The molecule has 152 valence electrons. The van der Waals surface area contributed by atoms with E-state index in [0.29, 0.717) is 0 Å². The number of hydrogen-bond donors (Lipinski definition) is 1. The number of carbonyl (C=O) groups excluding carboxylic acids is 1. The molecule has 1 fully saturated rings. The molecule has 3 rings (SSSR count). The Morgan fingerprint density at radius 2 is 1.96 bits per heavy atom. The first-order valence-corrected chi connectivity index (χ1v) is 10.5. The lowest BCUT2D eigenvalue weighted by atomic mass is 10.1. The van der Waals surface area contributed by atoms with Crippen molar-refractivity contribution in [3.8, 4) is 0 Å². The van der Waals surface area contributed by atoms with Crippen LogP contribution in [0.5, 0.6) is 0 Å². The van der Waals surface area contributed by atoms with Gasteiger partial charge in [0.15, 0.2) is 0 Å². The van der Waals surface area contributed by atoms with Crippen LogP contribution in [-0.2, 0) is 17.8 Å². The minimum atomic E-state index is -0.250. The molecule has 28 heavy (non-hydrogen) atoms. The fourth-order valence-corrected chi connectivity index (χ4v) is 3.94. The van der Waals surface area contributed by atoms with Gasteiger partial charge in [-0.25, -0.2) is 4.98 Å². The number of rotatable bonds is 4. The van der Waals surface area contributed by atoms with Crippen LogP contribution in [-0.4, -0.2) is 58.4 Å². The van der Waals surface area contributed by atoms with Gasteiger partial charge in [0, 0.05) is 43.7 Å². The average Bonchev–Trinajstić information content (AvgIpc) is 3.01. The average molecular weight is 404 g/mol. The topological polar surface area (TPSA) is 73.7 Å². The fraction of sp³-hybridized carbons (Fsp3) is 0.476. The molecule has 1 aliphatic heterocycles. The third-order valence-corrected chi connectivity index (χ3v) is 5.96. The Morgan fingerprint density at radius 3 is 2.61 bits per heavy atom. The molecule has 0 bridgehead atoms. The Kier molecular flexibility index (Phi) is 8.60. The van der Waals surface area contributed by atoms with E-state index in [4.69, 9.17) is 9.90 Å². The van der Waals surface area contributed by atoms with Gasteiger partial charge in [-0.15, -0.1) is 11.3 Å². The summed E-state index contributed by atoms with van der Waals surface area (Å²) in [4.78, 5) is 30.3. The quantitative estimate of drug-likeness (QED) is 0.793. The summed E-state index contributed by atoms with van der Waals surface area (Å²) in [5, 5.41) is 10.3. The molecule has 2 aromatic rings. The van der Waals surface area contributed by atoms with Crippen LogP contribution in [0.1, 0.15) is 45.5 Å². The highest BCUT2D eigenvalue weighted by Gasteiger charge is 2.21. The molecule has 2 heterocycles. The molecular formula is C21H29N3O3S. The molecule has 0 radical (unpaired) electrons. The van der Waals surface area contributed by atoms with Crippen molar-refractivity contribution in [1.29, 1.82) is 0 Å². The predicted octanol–water partition coefficient (Wildman–Crippen LogP) is 3.37. The second kappa shape index (κ2) is 10.9. The Morgan fingerprint density at radius 1 is 1.21 bits per heavy atom. The summed E-state index contributed by atoms with van der Waals surface area (Å²) >= 11 is 1.75. The van der Waals surface area contributed by atoms with E-state index in [9.17, 15) is 4.79 Å². The highest BCUT2D eigenvalue weighted by molar-refractivity contribution is 7.09. The third-order valence-electron chi connectivity index (χ3n) is 4.92. The molecule has 1 aromatic carbocycles. The number of benzene rings is 1. The van der Waals surface area contributed by atoms with Gasteiger partial charge in [0.05, 0.1) is 10.7 Å². The number of carbonyl (C=O) groups is 2. The normalized spacial score (nSPS) is 14.8. The van der Waals surface area contributed by atoms with Crippen molar-refractivity contribution in [3.05, 3.63) is 51.0 Å². The van der Waals surface area contributed by atoms with Gasteiger partial charge in [-0.3, -0.25) is 14.5 Å². The molecule has 0 saturated carbocycles. The molecule has 1 aliphatic rings. The van der Waals surface area contributed by atoms with E-state index in [0.717, 1.165) is 56.8 Å². The first kappa shape index (κ1) is 22.0. The van der Waals surface area contributed by atoms with E-state index >= 15 is 0 Å². The molecule has 1 aromatic heterocycles. The van der Waals surface area contributed by atoms with E-state index in [1.54, 1.807) is 11.3 Å². The van der Waals surface area contributed by atoms with Crippen molar-refractivity contribution in [2.75, 3.05) is 26.2 Å². The van der Waals surface area contributed by atoms with Gasteiger partial charge in [-0.05, 0) is 49.9 Å². The van der Waals surface area contributed by atoms with Crippen molar-refractivity contribution in [2.45, 2.75) is 40.2 Å². The Labute approximate surface area is 170 Å². The summed E-state index contributed by atoms with van der Waals surface area (Å²) in [6.07, 6.45) is 2.02. The molecule has 1 N–H and O–H groups in total. The van der Waals surface area contributed by atoms with Crippen molar-refractivity contribution in [2.24, 2.45) is 0 Å². The minimum Gasteiger partial charge on any atom is -0.483 e. The molecule has 1 saturated heterocycles. The predicted molar refractivity (Wildman–Crippen MR) is 112 cm³/mol. The van der Waals surface area contributed by atoms with E-state index in [1.807, 2.05) is 23.1 Å². The SMILES string of the molecule is CCc1nc(CN2CCCN(C(=O)c3ccc(C)c(C)c3)CC2)cs1.O=CO. The molecule has 0 atom stereocenters. The first-order valence-electron chi connectivity index (χ1n) is 9.58. The van der Waals surface area contributed by atoms with Gasteiger partial charge in [-0.2, -0.15) is 0 Å². The molecule has 0 spiro atoms. The standard InChI is InChI=1S/C20H27N3OS.CH2O2/c1-4-19-21-18(14-25-19)13-22-8-5-9-23(11-10-22)20(24)17-7-6-15(2)16(3)12-17;2-1-3/h6-7,12,14H,4-5,8-11,13H2,1-3H3;1H,(H,2,3). The van der Waals surface area contributed by atoms with E-state index in [2.05, 4.69) is 36.0 Å². The van der Waals surface area contributed by atoms with E-state index < -0.39 is 0 Å². The lowest BCUT2D eigenvalue weighted by Gasteiger charge is -2.22. The fourth-order valence-electron chi connectivity index (χ4n) is 3.20. The number of amides is 1. The summed E-state index contributed by atoms with van der Waals surface area (Å²) in [5.74, 6) is 0.159. The zero-order chi connectivity index (χ0) is 20.5. The summed E-state index contributed by atoms with van der Waals surface area (Å²) < 4.78 is 0. The Hall–Kier alpha value is -2.25. The van der Waals surface area contributed by atoms with Crippen LogP contribution in [0, 0.1) is 13.8 Å². The van der Waals surface area contributed by atoms with Crippen molar-refractivity contribution in [3.63, 3.8) is 0 Å². The summed E-state index contributed by atoms with van der Waals surface area (Å²) in [5.41, 5.74) is 4.38. The van der Waals surface area contributed by atoms with Crippen LogP contribution < -0.4 is 0 Å². The number of aryl methyl sites for hydroxylation is 3. The number of aromatic nitrogens is 1. The lowest BCUT2D eigenvalue weighted by molar-refractivity contribution is -0.122. The largest absolute Gasteiger partial charge is 0.483 e. The number of carboxylic acid groups (broad SMARTS) is 1. The Bertz CT molecular complexity index is 791.